The molecule has 0 aliphatic carbocycles. The van der Waals surface area contributed by atoms with E-state index >= 15 is 0 Å². The van der Waals surface area contributed by atoms with Crippen LogP contribution in [0.15, 0.2) is 22.7 Å². The maximum Gasteiger partial charge on any atom is 0.308 e. The highest BCUT2D eigenvalue weighted by molar-refractivity contribution is 9.10. The first-order valence-corrected chi connectivity index (χ1v) is 6.13. The fourth-order valence-corrected chi connectivity index (χ4v) is 1.68. The van der Waals surface area contributed by atoms with Gasteiger partial charge in [-0.25, -0.2) is 4.39 Å². The van der Waals surface area contributed by atoms with Crippen molar-refractivity contribution in [3.63, 3.8) is 0 Å². The molecule has 1 aromatic carbocycles. The maximum absolute atomic E-state index is 13.0. The zero-order chi connectivity index (χ0) is 13.7. The van der Waals surface area contributed by atoms with E-state index < -0.39 is 17.7 Å². The summed E-state index contributed by atoms with van der Waals surface area (Å²) in [7, 11) is 0. The van der Waals surface area contributed by atoms with Crippen LogP contribution in [0.2, 0.25) is 0 Å². The largest absolute Gasteiger partial charge is 0.481 e. The van der Waals surface area contributed by atoms with Gasteiger partial charge in [0.1, 0.15) is 5.82 Å². The smallest absolute Gasteiger partial charge is 0.308 e. The third kappa shape index (κ3) is 4.44. The summed E-state index contributed by atoms with van der Waals surface area (Å²) in [6.07, 6.45) is 0.0885. The zero-order valence-corrected chi connectivity index (χ0v) is 11.3. The number of nitrogens with one attached hydrogen (secondary N) is 1. The monoisotopic (exact) mass is 317 g/mol. The molecule has 0 aromatic heterocycles. The second kappa shape index (κ2) is 6.49. The highest BCUT2D eigenvalue weighted by Crippen LogP contribution is 2.17. The third-order valence-electron chi connectivity index (χ3n) is 2.38. The summed E-state index contributed by atoms with van der Waals surface area (Å²) in [6.45, 7) is 1.59. The molecular formula is C12H13BrFNO3. The van der Waals surface area contributed by atoms with Crippen LogP contribution in [0.1, 0.15) is 12.5 Å². The molecule has 0 heterocycles. The van der Waals surface area contributed by atoms with Crippen LogP contribution in [0.25, 0.3) is 0 Å². The van der Waals surface area contributed by atoms with Crippen molar-refractivity contribution in [3.8, 4) is 0 Å². The Balaban J connectivity index is 2.49. The molecule has 0 aliphatic rings. The minimum Gasteiger partial charge on any atom is -0.481 e. The van der Waals surface area contributed by atoms with Crippen molar-refractivity contribution in [2.75, 3.05) is 6.54 Å². The summed E-state index contributed by atoms with van der Waals surface area (Å²) in [6, 6.07) is 4.31. The van der Waals surface area contributed by atoms with E-state index in [0.29, 0.717) is 10.0 Å². The number of hydrogen-bond acceptors (Lipinski definition) is 2. The first kappa shape index (κ1) is 14.6. The van der Waals surface area contributed by atoms with Gasteiger partial charge in [0, 0.05) is 6.54 Å². The minimum absolute atomic E-state index is 0.0799. The van der Waals surface area contributed by atoms with Crippen LogP contribution in [-0.2, 0) is 16.0 Å². The van der Waals surface area contributed by atoms with Gasteiger partial charge in [0.2, 0.25) is 5.91 Å². The Kier molecular flexibility index (Phi) is 5.27. The molecule has 6 heteroatoms. The molecule has 0 saturated heterocycles. The van der Waals surface area contributed by atoms with Crippen molar-refractivity contribution in [1.29, 1.82) is 0 Å². The molecule has 0 spiro atoms. The summed E-state index contributed by atoms with van der Waals surface area (Å²) in [5, 5.41) is 11.2. The fourth-order valence-electron chi connectivity index (χ4n) is 1.25. The van der Waals surface area contributed by atoms with Gasteiger partial charge < -0.3 is 10.4 Å². The molecule has 2 N–H and O–H groups in total. The molecule has 1 aromatic rings. The Hall–Kier alpha value is -1.43. The summed E-state index contributed by atoms with van der Waals surface area (Å²) in [5.41, 5.74) is 0.656. The quantitative estimate of drug-likeness (QED) is 0.872. The number of carbonyl (C=O) groups excluding carboxylic acids is 1. The zero-order valence-electron chi connectivity index (χ0n) is 9.74. The van der Waals surface area contributed by atoms with Crippen molar-refractivity contribution < 1.29 is 19.1 Å². The minimum atomic E-state index is -0.958. The second-order valence-corrected chi connectivity index (χ2v) is 4.82. The number of hydrogen-bond donors (Lipinski definition) is 2. The Morgan fingerprint density at radius 3 is 2.72 bits per heavy atom. The number of carboxylic acid groups (broad SMARTS) is 1. The molecule has 1 atom stereocenters. The van der Waals surface area contributed by atoms with E-state index in [-0.39, 0.29) is 18.9 Å². The fraction of sp³-hybridized carbons (Fsp3) is 0.333. The van der Waals surface area contributed by atoms with Crippen LogP contribution in [0.3, 0.4) is 0 Å². The van der Waals surface area contributed by atoms with Crippen molar-refractivity contribution in [2.24, 2.45) is 5.92 Å². The van der Waals surface area contributed by atoms with Gasteiger partial charge in [-0.2, -0.15) is 0 Å². The number of amides is 1. The molecule has 0 fully saturated rings. The highest BCUT2D eigenvalue weighted by Gasteiger charge is 2.12. The molecular weight excluding hydrogens is 305 g/mol. The Morgan fingerprint density at radius 2 is 2.17 bits per heavy atom. The molecule has 0 bridgehead atoms. The standard InChI is InChI=1S/C12H13BrFNO3/c1-7(12(17)18)6-15-11(16)5-8-2-3-10(14)9(13)4-8/h2-4,7H,5-6H2,1H3,(H,15,16)(H,17,18). The maximum atomic E-state index is 13.0. The van der Waals surface area contributed by atoms with E-state index in [1.807, 2.05) is 0 Å². The lowest BCUT2D eigenvalue weighted by molar-refractivity contribution is -0.141. The summed E-state index contributed by atoms with van der Waals surface area (Å²) < 4.78 is 13.3. The van der Waals surface area contributed by atoms with Gasteiger partial charge in [-0.05, 0) is 33.6 Å². The second-order valence-electron chi connectivity index (χ2n) is 3.97. The molecule has 1 amide bonds. The number of benzene rings is 1. The van der Waals surface area contributed by atoms with Gasteiger partial charge in [-0.3, -0.25) is 9.59 Å². The summed E-state index contributed by atoms with van der Waals surface area (Å²) in [5.74, 6) is -2.27. The molecule has 18 heavy (non-hydrogen) atoms. The topological polar surface area (TPSA) is 66.4 Å². The van der Waals surface area contributed by atoms with Crippen LogP contribution in [0, 0.1) is 11.7 Å². The SMILES string of the molecule is CC(CNC(=O)Cc1ccc(F)c(Br)c1)C(=O)O. The molecule has 0 radical (unpaired) electrons. The van der Waals surface area contributed by atoms with Gasteiger partial charge >= 0.3 is 5.97 Å². The van der Waals surface area contributed by atoms with Crippen LogP contribution in [0.5, 0.6) is 0 Å². The lowest BCUT2D eigenvalue weighted by Crippen LogP contribution is -2.32. The van der Waals surface area contributed by atoms with E-state index in [0.717, 1.165) is 0 Å². The summed E-state index contributed by atoms with van der Waals surface area (Å²) >= 11 is 3.03. The Bertz CT molecular complexity index is 465. The van der Waals surface area contributed by atoms with Gasteiger partial charge in [0.05, 0.1) is 16.8 Å². The van der Waals surface area contributed by atoms with Crippen molar-refractivity contribution in [1.82, 2.24) is 5.32 Å². The van der Waals surface area contributed by atoms with Crippen LogP contribution < -0.4 is 5.32 Å². The predicted octanol–water partition coefficient (Wildman–Crippen LogP) is 1.97. The van der Waals surface area contributed by atoms with Crippen molar-refractivity contribution in [2.45, 2.75) is 13.3 Å². The number of carboxylic acids is 1. The predicted molar refractivity (Wildman–Crippen MR) is 67.6 cm³/mol. The average molecular weight is 318 g/mol. The molecule has 1 rings (SSSR count). The molecule has 98 valence electrons. The van der Waals surface area contributed by atoms with Crippen LogP contribution in [-0.4, -0.2) is 23.5 Å². The lowest BCUT2D eigenvalue weighted by Gasteiger charge is -2.08. The molecule has 1 unspecified atom stereocenters. The Morgan fingerprint density at radius 1 is 1.50 bits per heavy atom. The van der Waals surface area contributed by atoms with Crippen LogP contribution >= 0.6 is 15.9 Å². The van der Waals surface area contributed by atoms with Gasteiger partial charge in [0.15, 0.2) is 0 Å². The highest BCUT2D eigenvalue weighted by atomic mass is 79.9. The third-order valence-corrected chi connectivity index (χ3v) is 2.98. The van der Waals surface area contributed by atoms with Gasteiger partial charge in [-0.1, -0.05) is 13.0 Å². The van der Waals surface area contributed by atoms with E-state index in [1.54, 1.807) is 0 Å². The van der Waals surface area contributed by atoms with Gasteiger partial charge in [-0.15, -0.1) is 0 Å². The molecule has 4 nitrogen and oxygen atoms in total. The molecule has 0 aliphatic heterocycles. The number of aliphatic carboxylic acids is 1. The normalized spacial score (nSPS) is 11.9. The van der Waals surface area contributed by atoms with E-state index in [9.17, 15) is 14.0 Å². The lowest BCUT2D eigenvalue weighted by atomic mass is 10.1. The first-order chi connectivity index (χ1) is 8.40. The first-order valence-electron chi connectivity index (χ1n) is 5.33. The van der Waals surface area contributed by atoms with E-state index in [4.69, 9.17) is 5.11 Å². The van der Waals surface area contributed by atoms with E-state index in [1.165, 1.54) is 25.1 Å². The van der Waals surface area contributed by atoms with Crippen LogP contribution in [0.4, 0.5) is 4.39 Å². The Labute approximate surface area is 112 Å². The van der Waals surface area contributed by atoms with Crippen molar-refractivity contribution >= 4 is 27.8 Å². The molecule has 0 saturated carbocycles. The average Bonchev–Trinajstić information content (AvgIpc) is 2.30. The number of rotatable bonds is 5. The van der Waals surface area contributed by atoms with E-state index in [2.05, 4.69) is 21.2 Å². The van der Waals surface area contributed by atoms with Gasteiger partial charge in [0.25, 0.3) is 0 Å². The number of carbonyl (C=O) groups is 2. The van der Waals surface area contributed by atoms with Crippen molar-refractivity contribution in [3.05, 3.63) is 34.1 Å². The number of halogens is 2. The summed E-state index contributed by atoms with van der Waals surface area (Å²) in [4.78, 5) is 22.1.